The number of anilines is 2. The van der Waals surface area contributed by atoms with Crippen LogP contribution in [0.5, 0.6) is 5.75 Å². The van der Waals surface area contributed by atoms with Crippen LogP contribution in [0.3, 0.4) is 0 Å². The Labute approximate surface area is 203 Å². The van der Waals surface area contributed by atoms with Crippen molar-refractivity contribution in [3.63, 3.8) is 0 Å². The summed E-state index contributed by atoms with van der Waals surface area (Å²) in [7, 11) is 0. The van der Waals surface area contributed by atoms with Crippen LogP contribution in [-0.2, 0) is 6.42 Å². The summed E-state index contributed by atoms with van der Waals surface area (Å²) >= 11 is 6.31. The van der Waals surface area contributed by atoms with Crippen LogP contribution >= 0.6 is 11.6 Å². The molecule has 1 atom stereocenters. The number of halogens is 1. The largest absolute Gasteiger partial charge is 0.489 e. The predicted molar refractivity (Wildman–Crippen MR) is 131 cm³/mol. The number of carbonyl (C=O) groups is 1. The number of fused-ring (bicyclic) bond motifs is 1. The molecule has 34 heavy (non-hydrogen) atoms. The maximum absolute atomic E-state index is 9.93. The number of carboxylic acid groups (broad SMARTS) is 1. The van der Waals surface area contributed by atoms with Crippen LogP contribution in [0.15, 0.2) is 40.9 Å². The predicted octanol–water partition coefficient (Wildman–Crippen LogP) is 6.23. The van der Waals surface area contributed by atoms with Crippen molar-refractivity contribution in [3.8, 4) is 17.2 Å². The zero-order valence-corrected chi connectivity index (χ0v) is 20.7. The minimum absolute atomic E-state index is 0.0401. The standard InChI is InChI=1S/C19H16ClN3O2.C6H13NO2/c1-10(2)24-17-6-4-12(8-14(17)20)18-21-19(22-25-18)23-15-5-3-11-7-13(15)9-16(11)23;1-6(2,3)4-7-5(8)9/h3-8,10,16H,9H2,1-2H3;7H,4H2,1-3H3,(H,8,9). The van der Waals surface area contributed by atoms with Gasteiger partial charge in [0.1, 0.15) is 5.75 Å². The van der Waals surface area contributed by atoms with E-state index in [4.69, 9.17) is 26.0 Å². The molecule has 3 heterocycles. The highest BCUT2D eigenvalue weighted by molar-refractivity contribution is 6.32. The lowest BCUT2D eigenvalue weighted by Crippen LogP contribution is -2.30. The molecule has 2 aliphatic heterocycles. The topological polar surface area (TPSA) is 101 Å². The Hall–Kier alpha value is -3.26. The molecule has 3 aromatic rings. The Balaban J connectivity index is 0.000000262. The van der Waals surface area contributed by atoms with Gasteiger partial charge in [-0.2, -0.15) is 4.98 Å². The van der Waals surface area contributed by atoms with Gasteiger partial charge in [0.15, 0.2) is 0 Å². The molecule has 1 aliphatic carbocycles. The van der Waals surface area contributed by atoms with Gasteiger partial charge in [-0.1, -0.05) is 44.5 Å². The van der Waals surface area contributed by atoms with Crippen molar-refractivity contribution in [2.75, 3.05) is 11.4 Å². The molecular formula is C25H29ClN4O4. The van der Waals surface area contributed by atoms with E-state index in [1.807, 2.05) is 46.8 Å². The fraction of sp³-hybridized carbons (Fsp3) is 0.400. The van der Waals surface area contributed by atoms with E-state index in [9.17, 15) is 4.79 Å². The molecule has 6 rings (SSSR count). The third kappa shape index (κ3) is 5.12. The first kappa shape index (κ1) is 23.9. The number of ether oxygens (including phenoxy) is 1. The number of nitrogens with zero attached hydrogens (tertiary/aromatic N) is 3. The average molecular weight is 485 g/mol. The van der Waals surface area contributed by atoms with Crippen LogP contribution in [0.1, 0.15) is 51.8 Å². The van der Waals surface area contributed by atoms with E-state index in [0.717, 1.165) is 12.0 Å². The quantitative estimate of drug-likeness (QED) is 0.442. The lowest BCUT2D eigenvalue weighted by molar-refractivity contribution is 0.189. The number of benzene rings is 2. The molecule has 1 amide bonds. The molecule has 1 unspecified atom stereocenters. The molecule has 1 aromatic heterocycles. The first-order valence-corrected chi connectivity index (χ1v) is 11.6. The molecule has 0 saturated carbocycles. The molecule has 8 nitrogen and oxygen atoms in total. The van der Waals surface area contributed by atoms with Gasteiger partial charge in [-0.05, 0) is 66.2 Å². The van der Waals surface area contributed by atoms with Gasteiger partial charge in [-0.3, -0.25) is 4.90 Å². The van der Waals surface area contributed by atoms with Gasteiger partial charge in [-0.25, -0.2) is 4.79 Å². The maximum atomic E-state index is 9.93. The van der Waals surface area contributed by atoms with Gasteiger partial charge in [0.25, 0.3) is 11.8 Å². The Morgan fingerprint density at radius 1 is 1.29 bits per heavy atom. The highest BCUT2D eigenvalue weighted by Gasteiger charge is 2.39. The molecule has 0 spiro atoms. The second-order valence-electron chi connectivity index (χ2n) is 9.91. The molecule has 2 N–H and O–H groups in total. The first-order valence-electron chi connectivity index (χ1n) is 11.2. The van der Waals surface area contributed by atoms with E-state index in [-0.39, 0.29) is 11.5 Å². The van der Waals surface area contributed by atoms with Crippen molar-refractivity contribution >= 4 is 29.3 Å². The number of hydrogen-bond donors (Lipinski definition) is 2. The second kappa shape index (κ2) is 9.18. The van der Waals surface area contributed by atoms with Crippen molar-refractivity contribution in [3.05, 3.63) is 52.5 Å². The van der Waals surface area contributed by atoms with Crippen molar-refractivity contribution in [2.45, 2.75) is 53.2 Å². The fourth-order valence-corrected chi connectivity index (χ4v) is 4.17. The zero-order chi connectivity index (χ0) is 24.6. The smallest absolute Gasteiger partial charge is 0.404 e. The number of nitrogens with one attached hydrogen (secondary N) is 1. The number of rotatable bonds is 5. The monoisotopic (exact) mass is 484 g/mol. The highest BCUT2D eigenvalue weighted by atomic mass is 35.5. The van der Waals surface area contributed by atoms with Crippen LogP contribution in [0.25, 0.3) is 11.5 Å². The Morgan fingerprint density at radius 3 is 2.62 bits per heavy atom. The molecule has 0 radical (unpaired) electrons. The van der Waals surface area contributed by atoms with Crippen molar-refractivity contribution in [1.82, 2.24) is 15.5 Å². The summed E-state index contributed by atoms with van der Waals surface area (Å²) in [4.78, 5) is 16.7. The van der Waals surface area contributed by atoms with Crippen molar-refractivity contribution in [1.29, 1.82) is 0 Å². The molecule has 0 saturated heterocycles. The van der Waals surface area contributed by atoms with Crippen LogP contribution in [0, 0.1) is 5.41 Å². The Kier molecular flexibility index (Phi) is 6.45. The lowest BCUT2D eigenvalue weighted by atomic mass is 9.97. The Bertz CT molecular complexity index is 1200. The molecule has 2 aromatic carbocycles. The highest BCUT2D eigenvalue weighted by Crippen LogP contribution is 2.50. The normalized spacial score (nSPS) is 15.5. The van der Waals surface area contributed by atoms with Crippen LogP contribution in [0.4, 0.5) is 16.4 Å². The van der Waals surface area contributed by atoms with Crippen LogP contribution < -0.4 is 15.0 Å². The molecule has 4 bridgehead atoms. The summed E-state index contributed by atoms with van der Waals surface area (Å²) in [6.45, 7) is 10.4. The summed E-state index contributed by atoms with van der Waals surface area (Å²) in [5.41, 5.74) is 4.66. The van der Waals surface area contributed by atoms with E-state index in [1.165, 1.54) is 16.8 Å². The number of hydrogen-bond acceptors (Lipinski definition) is 6. The van der Waals surface area contributed by atoms with Gasteiger partial charge >= 0.3 is 6.09 Å². The third-order valence-electron chi connectivity index (χ3n) is 5.42. The Morgan fingerprint density at radius 2 is 2.06 bits per heavy atom. The number of amides is 1. The molecule has 9 heteroatoms. The van der Waals surface area contributed by atoms with Crippen LogP contribution in [0.2, 0.25) is 5.02 Å². The molecular weight excluding hydrogens is 456 g/mol. The summed E-state index contributed by atoms with van der Waals surface area (Å²) in [6, 6.07) is 12.4. The average Bonchev–Trinajstić information content (AvgIpc) is 3.45. The minimum atomic E-state index is -0.954. The summed E-state index contributed by atoms with van der Waals surface area (Å²) in [5, 5.41) is 15.2. The van der Waals surface area contributed by atoms with E-state index in [0.29, 0.717) is 35.2 Å². The lowest BCUT2D eigenvalue weighted by Gasteiger charge is -2.27. The van der Waals surface area contributed by atoms with E-state index in [2.05, 4.69) is 38.6 Å². The third-order valence-corrected chi connectivity index (χ3v) is 5.71. The van der Waals surface area contributed by atoms with E-state index < -0.39 is 6.09 Å². The summed E-state index contributed by atoms with van der Waals surface area (Å²) in [6.07, 6.45) is 0.135. The van der Waals surface area contributed by atoms with E-state index >= 15 is 0 Å². The first-order chi connectivity index (χ1) is 16.0. The molecule has 180 valence electrons. The van der Waals surface area contributed by atoms with Gasteiger partial charge in [0.2, 0.25) is 0 Å². The van der Waals surface area contributed by atoms with E-state index in [1.54, 1.807) is 6.07 Å². The van der Waals surface area contributed by atoms with Gasteiger partial charge in [-0.15, -0.1) is 0 Å². The van der Waals surface area contributed by atoms with Gasteiger partial charge in [0, 0.05) is 17.8 Å². The maximum Gasteiger partial charge on any atom is 0.404 e. The van der Waals surface area contributed by atoms with Crippen molar-refractivity contribution < 1.29 is 19.2 Å². The second-order valence-corrected chi connectivity index (χ2v) is 10.3. The van der Waals surface area contributed by atoms with Gasteiger partial charge in [0.05, 0.1) is 17.2 Å². The van der Waals surface area contributed by atoms with Gasteiger partial charge < -0.3 is 19.7 Å². The minimum Gasteiger partial charge on any atom is -0.489 e. The van der Waals surface area contributed by atoms with Crippen molar-refractivity contribution in [2.24, 2.45) is 5.41 Å². The molecule has 3 aliphatic rings. The van der Waals surface area contributed by atoms with Crippen LogP contribution in [-0.4, -0.2) is 34.0 Å². The fourth-order valence-electron chi connectivity index (χ4n) is 3.95. The number of aromatic nitrogens is 2. The molecule has 0 fully saturated rings. The summed E-state index contributed by atoms with van der Waals surface area (Å²) in [5.74, 6) is 1.70. The summed E-state index contributed by atoms with van der Waals surface area (Å²) < 4.78 is 11.1. The zero-order valence-electron chi connectivity index (χ0n) is 19.9. The SMILES string of the molecule is CC(C)(C)CNC(=O)O.CC(C)Oc1ccc(-c2nc(N3c4ccc5cc4CC53)no2)cc1Cl.